The van der Waals surface area contributed by atoms with Crippen LogP contribution in [0.25, 0.3) is 11.1 Å². The molecular weight excluding hydrogens is 351 g/mol. The number of nitrogens with one attached hydrogen (secondary N) is 1. The van der Waals surface area contributed by atoms with E-state index in [9.17, 15) is 18.0 Å². The first kappa shape index (κ1) is 17.0. The summed E-state index contributed by atoms with van der Waals surface area (Å²) in [5, 5.41) is 1.99. The molecule has 0 unspecified atom stereocenters. The van der Waals surface area contributed by atoms with Crippen molar-refractivity contribution in [2.24, 2.45) is 0 Å². The Balaban J connectivity index is 2.06. The van der Waals surface area contributed by atoms with Crippen molar-refractivity contribution < 1.29 is 18.0 Å². The standard InChI is InChI=1S/C19H11ClF3NO/c20-17-13(7-4-8-15(17)22)19(25)24-18-14(9-12(21)10-16(18)23)11-5-2-1-3-6-11/h1-10H,(H,24,25). The molecule has 0 spiro atoms. The Morgan fingerprint density at radius 2 is 1.60 bits per heavy atom. The van der Waals surface area contributed by atoms with Crippen LogP contribution in [0, 0.1) is 17.5 Å². The third-order valence-electron chi connectivity index (χ3n) is 3.57. The summed E-state index contributed by atoms with van der Waals surface area (Å²) < 4.78 is 41.5. The number of anilines is 1. The largest absolute Gasteiger partial charge is 0.319 e. The van der Waals surface area contributed by atoms with Crippen molar-refractivity contribution in [3.63, 3.8) is 0 Å². The van der Waals surface area contributed by atoms with Crippen molar-refractivity contribution in [2.45, 2.75) is 0 Å². The molecule has 0 bridgehead atoms. The maximum Gasteiger partial charge on any atom is 0.257 e. The molecule has 0 saturated carbocycles. The van der Waals surface area contributed by atoms with Crippen molar-refractivity contribution in [3.8, 4) is 11.1 Å². The summed E-state index contributed by atoms with van der Waals surface area (Å²) in [5.74, 6) is -3.29. The molecule has 1 N–H and O–H groups in total. The topological polar surface area (TPSA) is 29.1 Å². The molecule has 0 aliphatic rings. The van der Waals surface area contributed by atoms with E-state index in [1.165, 1.54) is 12.1 Å². The highest BCUT2D eigenvalue weighted by atomic mass is 35.5. The lowest BCUT2D eigenvalue weighted by Crippen LogP contribution is -2.15. The van der Waals surface area contributed by atoms with Crippen molar-refractivity contribution in [1.29, 1.82) is 0 Å². The van der Waals surface area contributed by atoms with Crippen LogP contribution in [0.15, 0.2) is 60.7 Å². The van der Waals surface area contributed by atoms with Gasteiger partial charge in [0.25, 0.3) is 5.91 Å². The summed E-state index contributed by atoms with van der Waals surface area (Å²) in [6, 6.07) is 14.0. The van der Waals surface area contributed by atoms with E-state index in [1.54, 1.807) is 30.3 Å². The van der Waals surface area contributed by atoms with Crippen LogP contribution in [0.3, 0.4) is 0 Å². The molecule has 0 aliphatic heterocycles. The molecule has 0 fully saturated rings. The minimum absolute atomic E-state index is 0.149. The Kier molecular flexibility index (Phi) is 4.76. The van der Waals surface area contributed by atoms with Gasteiger partial charge in [0.2, 0.25) is 0 Å². The maximum atomic E-state index is 14.3. The molecule has 1 amide bonds. The first-order valence-electron chi connectivity index (χ1n) is 7.27. The van der Waals surface area contributed by atoms with Crippen LogP contribution in [-0.4, -0.2) is 5.91 Å². The van der Waals surface area contributed by atoms with Crippen molar-refractivity contribution in [1.82, 2.24) is 0 Å². The molecule has 6 heteroatoms. The van der Waals surface area contributed by atoms with E-state index in [-0.39, 0.29) is 21.8 Å². The SMILES string of the molecule is O=C(Nc1c(F)cc(F)cc1-c1ccccc1)c1cccc(F)c1Cl. The number of carbonyl (C=O) groups excluding carboxylic acids is 1. The number of rotatable bonds is 3. The van der Waals surface area contributed by atoms with E-state index in [2.05, 4.69) is 5.32 Å². The minimum atomic E-state index is -0.945. The highest BCUT2D eigenvalue weighted by Gasteiger charge is 2.19. The molecule has 0 radical (unpaired) electrons. The molecule has 0 heterocycles. The van der Waals surface area contributed by atoms with E-state index in [0.717, 1.165) is 12.1 Å². The number of halogens is 4. The fraction of sp³-hybridized carbons (Fsp3) is 0. The van der Waals surface area contributed by atoms with Gasteiger partial charge in [-0.05, 0) is 23.8 Å². The maximum absolute atomic E-state index is 14.3. The van der Waals surface area contributed by atoms with E-state index < -0.39 is 23.4 Å². The van der Waals surface area contributed by atoms with E-state index in [1.807, 2.05) is 0 Å². The molecule has 0 saturated heterocycles. The van der Waals surface area contributed by atoms with E-state index >= 15 is 0 Å². The predicted molar refractivity (Wildman–Crippen MR) is 91.2 cm³/mol. The van der Waals surface area contributed by atoms with Gasteiger partial charge in [-0.2, -0.15) is 0 Å². The van der Waals surface area contributed by atoms with Crippen LogP contribution >= 0.6 is 11.6 Å². The average molecular weight is 362 g/mol. The molecule has 3 rings (SSSR count). The summed E-state index contributed by atoms with van der Waals surface area (Å²) in [7, 11) is 0. The van der Waals surface area contributed by atoms with Crippen LogP contribution in [0.4, 0.5) is 18.9 Å². The van der Waals surface area contributed by atoms with Crippen molar-refractivity contribution >= 4 is 23.2 Å². The third kappa shape index (κ3) is 3.51. The fourth-order valence-electron chi connectivity index (χ4n) is 2.41. The van der Waals surface area contributed by atoms with Gasteiger partial charge in [0, 0.05) is 11.6 Å². The van der Waals surface area contributed by atoms with Gasteiger partial charge in [-0.1, -0.05) is 48.0 Å². The average Bonchev–Trinajstić information content (AvgIpc) is 2.60. The lowest BCUT2D eigenvalue weighted by atomic mass is 10.0. The van der Waals surface area contributed by atoms with Crippen molar-refractivity contribution in [2.75, 3.05) is 5.32 Å². The Labute approximate surface area is 146 Å². The van der Waals surface area contributed by atoms with Crippen molar-refractivity contribution in [3.05, 3.63) is 88.7 Å². The number of benzene rings is 3. The molecule has 3 aromatic rings. The number of amides is 1. The number of carbonyl (C=O) groups is 1. The van der Waals surface area contributed by atoms with Gasteiger partial charge < -0.3 is 5.32 Å². The monoisotopic (exact) mass is 361 g/mol. The summed E-state index contributed by atoms with van der Waals surface area (Å²) in [6.07, 6.45) is 0. The Morgan fingerprint density at radius 1 is 0.880 bits per heavy atom. The normalized spacial score (nSPS) is 10.6. The van der Waals surface area contributed by atoms with E-state index in [0.29, 0.717) is 11.6 Å². The van der Waals surface area contributed by atoms with Gasteiger partial charge in [0.15, 0.2) is 0 Å². The molecule has 0 aromatic heterocycles. The van der Waals surface area contributed by atoms with Crippen LogP contribution < -0.4 is 5.32 Å². The molecule has 0 aliphatic carbocycles. The highest BCUT2D eigenvalue weighted by Crippen LogP contribution is 2.32. The van der Waals surface area contributed by atoms with Gasteiger partial charge in [-0.25, -0.2) is 13.2 Å². The summed E-state index contributed by atoms with van der Waals surface area (Å²) in [4.78, 5) is 12.4. The first-order chi connectivity index (χ1) is 12.0. The van der Waals surface area contributed by atoms with Gasteiger partial charge in [0.1, 0.15) is 17.5 Å². The minimum Gasteiger partial charge on any atom is -0.319 e. The third-order valence-corrected chi connectivity index (χ3v) is 3.96. The Hall–Kier alpha value is -2.79. The highest BCUT2D eigenvalue weighted by molar-refractivity contribution is 6.34. The van der Waals surface area contributed by atoms with Gasteiger partial charge in [0.05, 0.1) is 16.3 Å². The molecule has 25 heavy (non-hydrogen) atoms. The lowest BCUT2D eigenvalue weighted by molar-refractivity contribution is 0.102. The quantitative estimate of drug-likeness (QED) is 0.639. The summed E-state index contributed by atoms with van der Waals surface area (Å²) in [5.41, 5.74) is 0.322. The van der Waals surface area contributed by atoms with E-state index in [4.69, 9.17) is 11.6 Å². The zero-order chi connectivity index (χ0) is 18.0. The van der Waals surface area contributed by atoms with Crippen LogP contribution in [0.1, 0.15) is 10.4 Å². The lowest BCUT2D eigenvalue weighted by Gasteiger charge is -2.13. The second-order valence-electron chi connectivity index (χ2n) is 5.23. The van der Waals surface area contributed by atoms with Crippen LogP contribution in [0.2, 0.25) is 5.02 Å². The molecule has 126 valence electrons. The Bertz CT molecular complexity index is 945. The van der Waals surface area contributed by atoms with Gasteiger partial charge in [-0.15, -0.1) is 0 Å². The van der Waals surface area contributed by atoms with Crippen LogP contribution in [-0.2, 0) is 0 Å². The predicted octanol–water partition coefficient (Wildman–Crippen LogP) is 5.68. The first-order valence-corrected chi connectivity index (χ1v) is 7.65. The van der Waals surface area contributed by atoms with Gasteiger partial charge >= 0.3 is 0 Å². The molecule has 2 nitrogen and oxygen atoms in total. The number of hydrogen-bond donors (Lipinski definition) is 1. The second kappa shape index (κ2) is 6.99. The zero-order valence-corrected chi connectivity index (χ0v) is 13.4. The van der Waals surface area contributed by atoms with Crippen LogP contribution in [0.5, 0.6) is 0 Å². The fourth-order valence-corrected chi connectivity index (χ4v) is 2.62. The Morgan fingerprint density at radius 3 is 2.32 bits per heavy atom. The molecule has 0 atom stereocenters. The second-order valence-corrected chi connectivity index (χ2v) is 5.61. The number of hydrogen-bond acceptors (Lipinski definition) is 1. The summed E-state index contributed by atoms with van der Waals surface area (Å²) >= 11 is 5.79. The smallest absolute Gasteiger partial charge is 0.257 e. The van der Waals surface area contributed by atoms with Gasteiger partial charge in [-0.3, -0.25) is 4.79 Å². The molecule has 3 aromatic carbocycles. The zero-order valence-electron chi connectivity index (χ0n) is 12.7. The molecular formula is C19H11ClF3NO. The summed E-state index contributed by atoms with van der Waals surface area (Å²) in [6.45, 7) is 0.